The van der Waals surface area contributed by atoms with Crippen LogP contribution in [0.25, 0.3) is 0 Å². The first-order chi connectivity index (χ1) is 2.97. The van der Waals surface area contributed by atoms with Crippen LogP contribution in [-0.4, -0.2) is 12.1 Å². The van der Waals surface area contributed by atoms with E-state index in [4.69, 9.17) is 0 Å². The van der Waals surface area contributed by atoms with E-state index in [1.54, 1.807) is 0 Å². The first-order valence-corrected chi connectivity index (χ1v) is 2.73. The third kappa shape index (κ3) is 0.0719. The Morgan fingerprint density at radius 3 is 2.50 bits per heavy atom. The SMILES string of the molecule is C1C2NC3C1C23. The molecule has 3 fully saturated rings. The van der Waals surface area contributed by atoms with Crippen molar-refractivity contribution in [3.05, 3.63) is 0 Å². The summed E-state index contributed by atoms with van der Waals surface area (Å²) in [6.07, 6.45) is 1.51. The molecule has 0 amide bonds. The van der Waals surface area contributed by atoms with Crippen LogP contribution in [0, 0.1) is 11.8 Å². The lowest BCUT2D eigenvalue weighted by Crippen LogP contribution is -2.44. The van der Waals surface area contributed by atoms with E-state index < -0.39 is 0 Å². The van der Waals surface area contributed by atoms with E-state index in [-0.39, 0.29) is 0 Å². The summed E-state index contributed by atoms with van der Waals surface area (Å²) in [5.74, 6) is 2.35. The third-order valence-corrected chi connectivity index (χ3v) is 2.63. The molecule has 0 aromatic rings. The fourth-order valence-electron chi connectivity index (χ4n) is 2.05. The van der Waals surface area contributed by atoms with Crippen molar-refractivity contribution in [1.82, 2.24) is 5.32 Å². The van der Waals surface area contributed by atoms with Crippen LogP contribution in [-0.2, 0) is 0 Å². The van der Waals surface area contributed by atoms with Gasteiger partial charge in [0.05, 0.1) is 0 Å². The van der Waals surface area contributed by atoms with E-state index in [9.17, 15) is 0 Å². The van der Waals surface area contributed by atoms with Crippen LogP contribution in [0.4, 0.5) is 0 Å². The molecule has 32 valence electrons. The van der Waals surface area contributed by atoms with Gasteiger partial charge in [0.2, 0.25) is 0 Å². The van der Waals surface area contributed by atoms with Crippen molar-refractivity contribution in [3.8, 4) is 0 Å². The molecule has 4 unspecified atom stereocenters. The Morgan fingerprint density at radius 1 is 1.50 bits per heavy atom. The topological polar surface area (TPSA) is 12.0 Å². The standard InChI is InChI=1S/C5H7N/c1-2-4-3(1)6-5(2)4/h2-6H,1H2. The molecule has 6 heavy (non-hydrogen) atoms. The Balaban J connectivity index is 2.21. The first kappa shape index (κ1) is 2.31. The lowest BCUT2D eigenvalue weighted by Gasteiger charge is -2.27. The molecular formula is C5H7N. The van der Waals surface area contributed by atoms with Gasteiger partial charge in [0, 0.05) is 12.1 Å². The minimum atomic E-state index is 1.000. The molecule has 1 heterocycles. The van der Waals surface area contributed by atoms with Crippen molar-refractivity contribution >= 4 is 0 Å². The molecule has 2 aliphatic carbocycles. The highest BCUT2D eigenvalue weighted by atomic mass is 15.2. The normalized spacial score (nSPS) is 80.0. The van der Waals surface area contributed by atoms with Gasteiger partial charge >= 0.3 is 0 Å². The zero-order valence-corrected chi connectivity index (χ0v) is 3.52. The van der Waals surface area contributed by atoms with E-state index >= 15 is 0 Å². The lowest BCUT2D eigenvalue weighted by molar-refractivity contribution is 0.293. The molecule has 0 bridgehead atoms. The van der Waals surface area contributed by atoms with E-state index in [0.29, 0.717) is 0 Å². The second-order valence-corrected chi connectivity index (χ2v) is 2.78. The molecule has 3 aliphatic rings. The lowest BCUT2D eigenvalue weighted by atomic mass is 9.92. The highest BCUT2D eigenvalue weighted by molar-refractivity contribution is 5.27. The summed E-state index contributed by atoms with van der Waals surface area (Å²) in [6.45, 7) is 0. The van der Waals surface area contributed by atoms with Gasteiger partial charge < -0.3 is 5.32 Å². The predicted octanol–water partition coefficient (Wildman–Crippen LogP) is -0.0235. The van der Waals surface area contributed by atoms with E-state index in [2.05, 4.69) is 5.32 Å². The summed E-state index contributed by atoms with van der Waals surface area (Å²) in [6, 6.07) is 2.02. The highest BCUT2D eigenvalue weighted by Crippen LogP contribution is 2.63. The van der Waals surface area contributed by atoms with Crippen molar-refractivity contribution in [2.75, 3.05) is 0 Å². The zero-order valence-electron chi connectivity index (χ0n) is 3.52. The number of nitrogens with one attached hydrogen (secondary N) is 1. The molecule has 1 heteroatoms. The predicted molar refractivity (Wildman–Crippen MR) is 22.3 cm³/mol. The Labute approximate surface area is 36.7 Å². The van der Waals surface area contributed by atoms with E-state index in [1.807, 2.05) is 0 Å². The third-order valence-electron chi connectivity index (χ3n) is 2.63. The average Bonchev–Trinajstić information content (AvgIpc) is 2.03. The fraction of sp³-hybridized carbons (Fsp3) is 1.00. The van der Waals surface area contributed by atoms with Crippen molar-refractivity contribution in [1.29, 1.82) is 0 Å². The van der Waals surface area contributed by atoms with Gasteiger partial charge in [-0.15, -0.1) is 0 Å². The monoisotopic (exact) mass is 81.1 g/mol. The molecule has 1 nitrogen and oxygen atoms in total. The molecule has 1 N–H and O–H groups in total. The molecule has 1 saturated heterocycles. The van der Waals surface area contributed by atoms with Crippen molar-refractivity contribution < 1.29 is 0 Å². The van der Waals surface area contributed by atoms with Gasteiger partial charge in [-0.3, -0.25) is 0 Å². The van der Waals surface area contributed by atoms with Gasteiger partial charge in [-0.1, -0.05) is 0 Å². The number of hydrogen-bond acceptors (Lipinski definition) is 1. The van der Waals surface area contributed by atoms with Crippen LogP contribution in [0.2, 0.25) is 0 Å². The molecule has 0 spiro atoms. The van der Waals surface area contributed by atoms with Gasteiger partial charge in [0.15, 0.2) is 0 Å². The Morgan fingerprint density at radius 2 is 2.50 bits per heavy atom. The maximum Gasteiger partial charge on any atom is 0.0149 e. The maximum atomic E-state index is 3.45. The summed E-state index contributed by atoms with van der Waals surface area (Å²) in [4.78, 5) is 0. The Hall–Kier alpha value is -0.0400. The van der Waals surface area contributed by atoms with E-state index in [0.717, 1.165) is 18.0 Å². The Bertz CT molecular complexity index is 81.4. The highest BCUT2D eigenvalue weighted by Gasteiger charge is 2.71. The van der Waals surface area contributed by atoms with Gasteiger partial charge in [-0.05, 0) is 18.3 Å². The molecule has 0 radical (unpaired) electrons. The van der Waals surface area contributed by atoms with Crippen molar-refractivity contribution in [2.24, 2.45) is 11.8 Å². The van der Waals surface area contributed by atoms with Gasteiger partial charge in [0.1, 0.15) is 0 Å². The second-order valence-electron chi connectivity index (χ2n) is 2.78. The molecule has 0 aromatic carbocycles. The van der Waals surface area contributed by atoms with Crippen LogP contribution in [0.3, 0.4) is 0 Å². The summed E-state index contributed by atoms with van der Waals surface area (Å²) in [7, 11) is 0. The number of piperidine rings is 1. The fourth-order valence-corrected chi connectivity index (χ4v) is 2.05. The quantitative estimate of drug-likeness (QED) is 0.432. The maximum absolute atomic E-state index is 3.45. The zero-order chi connectivity index (χ0) is 3.72. The number of fused-ring (bicyclic) bond motifs is 1. The van der Waals surface area contributed by atoms with Crippen LogP contribution in [0.1, 0.15) is 6.42 Å². The summed E-state index contributed by atoms with van der Waals surface area (Å²) >= 11 is 0. The summed E-state index contributed by atoms with van der Waals surface area (Å²) < 4.78 is 0. The molecule has 3 rings (SSSR count). The summed E-state index contributed by atoms with van der Waals surface area (Å²) in [5, 5.41) is 3.45. The van der Waals surface area contributed by atoms with Gasteiger partial charge in [-0.2, -0.15) is 0 Å². The Kier molecular flexibility index (Phi) is 0.154. The van der Waals surface area contributed by atoms with Crippen molar-refractivity contribution in [2.45, 2.75) is 18.5 Å². The first-order valence-electron chi connectivity index (χ1n) is 2.73. The average molecular weight is 81.1 g/mol. The smallest absolute Gasteiger partial charge is 0.0149 e. The van der Waals surface area contributed by atoms with E-state index in [1.165, 1.54) is 12.3 Å². The molecular weight excluding hydrogens is 74.1 g/mol. The van der Waals surface area contributed by atoms with Crippen LogP contribution in [0.15, 0.2) is 0 Å². The largest absolute Gasteiger partial charge is 0.310 e. The number of hydrogen-bond donors (Lipinski definition) is 1. The molecule has 2 saturated carbocycles. The molecule has 4 atom stereocenters. The van der Waals surface area contributed by atoms with Crippen molar-refractivity contribution in [3.63, 3.8) is 0 Å². The minimum absolute atomic E-state index is 1.000. The van der Waals surface area contributed by atoms with Gasteiger partial charge in [0.25, 0.3) is 0 Å². The summed E-state index contributed by atoms with van der Waals surface area (Å²) in [5.41, 5.74) is 0. The van der Waals surface area contributed by atoms with Crippen LogP contribution in [0.5, 0.6) is 0 Å². The number of rotatable bonds is 0. The van der Waals surface area contributed by atoms with Gasteiger partial charge in [-0.25, -0.2) is 0 Å². The molecule has 0 aromatic heterocycles. The minimum Gasteiger partial charge on any atom is -0.310 e. The van der Waals surface area contributed by atoms with Crippen LogP contribution < -0.4 is 5.32 Å². The van der Waals surface area contributed by atoms with Crippen LogP contribution >= 0.6 is 0 Å². The molecule has 1 aliphatic heterocycles. The second kappa shape index (κ2) is 0.399.